The molecule has 176 valence electrons. The number of amides is 1. The summed E-state index contributed by atoms with van der Waals surface area (Å²) in [6.07, 6.45) is 1.71. The van der Waals surface area contributed by atoms with Gasteiger partial charge in [-0.2, -0.15) is 0 Å². The highest BCUT2D eigenvalue weighted by Crippen LogP contribution is 2.32. The highest BCUT2D eigenvalue weighted by molar-refractivity contribution is 7.88. The Kier molecular flexibility index (Phi) is 6.95. The summed E-state index contributed by atoms with van der Waals surface area (Å²) >= 11 is 5.86. The molecule has 0 saturated heterocycles. The van der Waals surface area contributed by atoms with Gasteiger partial charge in [-0.1, -0.05) is 17.7 Å². The van der Waals surface area contributed by atoms with E-state index in [9.17, 15) is 18.2 Å². The van der Waals surface area contributed by atoms with E-state index in [0.717, 1.165) is 5.56 Å². The second-order valence-electron chi connectivity index (χ2n) is 7.70. The Labute approximate surface area is 203 Å². The Balaban J connectivity index is 1.55. The molecule has 0 bridgehead atoms. The van der Waals surface area contributed by atoms with Crippen LogP contribution in [0.25, 0.3) is 0 Å². The average molecular weight is 502 g/mol. The maximum Gasteiger partial charge on any atom is 0.251 e. The molecule has 1 aliphatic heterocycles. The van der Waals surface area contributed by atoms with Crippen molar-refractivity contribution in [1.29, 1.82) is 0 Å². The Morgan fingerprint density at radius 1 is 1.21 bits per heavy atom. The number of methoxy groups -OCH3 is 1. The smallest absolute Gasteiger partial charge is 0.251 e. The fourth-order valence-corrected chi connectivity index (χ4v) is 5.29. The van der Waals surface area contributed by atoms with Gasteiger partial charge >= 0.3 is 0 Å². The van der Waals surface area contributed by atoms with Crippen molar-refractivity contribution in [2.75, 3.05) is 18.5 Å². The number of Topliss-reactive ketones (excluding diaryl/α,β-unsaturated/α-hetero) is 1. The third kappa shape index (κ3) is 4.80. The SMILES string of the molecule is COc1cc(CNC(=O)c2ccc3c(c2)C(=O)C(Cc2ccc(F)c(Cl)c2)S(=O)N3C)ccn1. The molecular formula is C24H21ClFN3O4S. The third-order valence-corrected chi connectivity index (χ3v) is 7.43. The van der Waals surface area contributed by atoms with Gasteiger partial charge in [-0.25, -0.2) is 13.6 Å². The molecular weight excluding hydrogens is 481 g/mol. The van der Waals surface area contributed by atoms with Crippen LogP contribution >= 0.6 is 11.6 Å². The molecule has 2 aromatic carbocycles. The number of halogens is 2. The number of nitrogens with zero attached hydrogens (tertiary/aromatic N) is 2. The molecule has 1 amide bonds. The largest absolute Gasteiger partial charge is 0.481 e. The number of hydrogen-bond acceptors (Lipinski definition) is 5. The molecule has 1 aliphatic rings. The van der Waals surface area contributed by atoms with E-state index in [1.807, 2.05) is 0 Å². The van der Waals surface area contributed by atoms with Gasteiger partial charge in [0.2, 0.25) is 5.88 Å². The number of pyridine rings is 1. The van der Waals surface area contributed by atoms with E-state index in [-0.39, 0.29) is 29.7 Å². The van der Waals surface area contributed by atoms with Crippen molar-refractivity contribution in [3.8, 4) is 5.88 Å². The summed E-state index contributed by atoms with van der Waals surface area (Å²) in [6.45, 7) is 0.251. The number of carbonyl (C=O) groups is 2. The maximum atomic E-state index is 13.5. The first kappa shape index (κ1) is 23.8. The van der Waals surface area contributed by atoms with Crippen LogP contribution in [0.4, 0.5) is 10.1 Å². The van der Waals surface area contributed by atoms with E-state index in [4.69, 9.17) is 16.3 Å². The number of ketones is 1. The molecule has 2 atom stereocenters. The Morgan fingerprint density at radius 2 is 2.00 bits per heavy atom. The van der Waals surface area contributed by atoms with E-state index < -0.39 is 22.1 Å². The number of ether oxygens (including phenoxy) is 1. The van der Waals surface area contributed by atoms with Crippen molar-refractivity contribution in [3.63, 3.8) is 0 Å². The molecule has 0 radical (unpaired) electrons. The van der Waals surface area contributed by atoms with Gasteiger partial charge in [0.1, 0.15) is 22.1 Å². The summed E-state index contributed by atoms with van der Waals surface area (Å²) in [5, 5.41) is 1.86. The Hall–Kier alpha value is -3.30. The molecule has 3 aromatic rings. The first-order valence-electron chi connectivity index (χ1n) is 10.3. The van der Waals surface area contributed by atoms with E-state index in [1.54, 1.807) is 37.5 Å². The molecule has 0 spiro atoms. The normalized spacial score (nSPS) is 17.3. The van der Waals surface area contributed by atoms with Gasteiger partial charge in [-0.3, -0.25) is 13.9 Å². The zero-order valence-corrected chi connectivity index (χ0v) is 20.0. The van der Waals surface area contributed by atoms with Gasteiger partial charge in [0.25, 0.3) is 5.91 Å². The number of carbonyl (C=O) groups excluding carboxylic acids is 2. The molecule has 1 aromatic heterocycles. The van der Waals surface area contributed by atoms with Crippen molar-refractivity contribution in [2.24, 2.45) is 0 Å². The summed E-state index contributed by atoms with van der Waals surface area (Å²) in [5.41, 5.74) is 2.49. The van der Waals surface area contributed by atoms with Crippen LogP contribution in [-0.2, 0) is 24.0 Å². The van der Waals surface area contributed by atoms with Crippen molar-refractivity contribution in [3.05, 3.63) is 87.8 Å². The third-order valence-electron chi connectivity index (χ3n) is 5.54. The van der Waals surface area contributed by atoms with Gasteiger partial charge in [0.05, 0.1) is 17.8 Å². The molecule has 0 saturated carbocycles. The zero-order chi connectivity index (χ0) is 24.4. The minimum absolute atomic E-state index is 0.0638. The molecule has 2 heterocycles. The lowest BCUT2D eigenvalue weighted by molar-refractivity contribution is 0.0951. The van der Waals surface area contributed by atoms with Gasteiger partial charge in [0.15, 0.2) is 5.78 Å². The van der Waals surface area contributed by atoms with E-state index in [0.29, 0.717) is 28.3 Å². The molecule has 7 nitrogen and oxygen atoms in total. The van der Waals surface area contributed by atoms with Crippen LogP contribution in [0.15, 0.2) is 54.7 Å². The summed E-state index contributed by atoms with van der Waals surface area (Å²) in [4.78, 5) is 30.1. The fraction of sp³-hybridized carbons (Fsp3) is 0.208. The van der Waals surface area contributed by atoms with Gasteiger partial charge < -0.3 is 10.1 Å². The summed E-state index contributed by atoms with van der Waals surface area (Å²) in [6, 6.07) is 12.3. The maximum absolute atomic E-state index is 13.5. The monoisotopic (exact) mass is 501 g/mol. The molecule has 34 heavy (non-hydrogen) atoms. The van der Waals surface area contributed by atoms with Crippen LogP contribution in [0.2, 0.25) is 5.02 Å². The standard InChI is InChI=1S/C24H21ClFN3O4S/c1-29-20-6-4-16(24(31)28-13-15-7-8-27-22(11-15)33-2)12-17(20)23(30)21(34(29)32)10-14-3-5-19(26)18(25)9-14/h3-9,11-12,21H,10,13H2,1-2H3,(H,28,31). The molecule has 4 rings (SSSR count). The lowest BCUT2D eigenvalue weighted by atomic mass is 9.98. The summed E-state index contributed by atoms with van der Waals surface area (Å²) < 4.78 is 33.1. The Bertz CT molecular complexity index is 1300. The van der Waals surface area contributed by atoms with Crippen LogP contribution in [0.5, 0.6) is 5.88 Å². The second kappa shape index (κ2) is 9.90. The van der Waals surface area contributed by atoms with Gasteiger partial charge in [-0.15, -0.1) is 0 Å². The van der Waals surface area contributed by atoms with Crippen LogP contribution in [-0.4, -0.2) is 40.3 Å². The lowest BCUT2D eigenvalue weighted by Gasteiger charge is -2.31. The van der Waals surface area contributed by atoms with Gasteiger partial charge in [0, 0.05) is 37.0 Å². The minimum atomic E-state index is -1.65. The summed E-state index contributed by atoms with van der Waals surface area (Å²) in [5.74, 6) is -0.830. The van der Waals surface area contributed by atoms with Crippen LogP contribution in [0.3, 0.4) is 0 Å². The predicted octanol–water partition coefficient (Wildman–Crippen LogP) is 3.72. The highest BCUT2D eigenvalue weighted by atomic mass is 35.5. The summed E-state index contributed by atoms with van der Waals surface area (Å²) in [7, 11) is 1.49. The Morgan fingerprint density at radius 3 is 2.74 bits per heavy atom. The number of anilines is 1. The van der Waals surface area contributed by atoms with Crippen LogP contribution in [0.1, 0.15) is 31.8 Å². The number of nitrogens with one attached hydrogen (secondary N) is 1. The zero-order valence-electron chi connectivity index (χ0n) is 18.4. The first-order chi connectivity index (χ1) is 16.3. The molecule has 10 heteroatoms. The minimum Gasteiger partial charge on any atom is -0.481 e. The number of aromatic nitrogens is 1. The predicted molar refractivity (Wildman–Crippen MR) is 128 cm³/mol. The lowest BCUT2D eigenvalue weighted by Crippen LogP contribution is -2.42. The van der Waals surface area contributed by atoms with Crippen molar-refractivity contribution in [2.45, 2.75) is 18.2 Å². The first-order valence-corrected chi connectivity index (χ1v) is 11.9. The number of benzene rings is 2. The van der Waals surface area contributed by atoms with Crippen molar-refractivity contribution >= 4 is 40.0 Å². The number of rotatable bonds is 6. The highest BCUT2D eigenvalue weighted by Gasteiger charge is 2.37. The van der Waals surface area contributed by atoms with E-state index in [2.05, 4.69) is 10.3 Å². The second-order valence-corrected chi connectivity index (χ2v) is 9.78. The number of hydrogen-bond donors (Lipinski definition) is 1. The topological polar surface area (TPSA) is 88.6 Å². The van der Waals surface area contributed by atoms with E-state index >= 15 is 0 Å². The van der Waals surface area contributed by atoms with Crippen molar-refractivity contribution in [1.82, 2.24) is 10.3 Å². The molecule has 1 N–H and O–H groups in total. The molecule has 0 fully saturated rings. The van der Waals surface area contributed by atoms with Crippen LogP contribution < -0.4 is 14.4 Å². The molecule has 0 aliphatic carbocycles. The average Bonchev–Trinajstić information content (AvgIpc) is 2.85. The quantitative estimate of drug-likeness (QED) is 0.556. The van der Waals surface area contributed by atoms with Crippen LogP contribution in [0, 0.1) is 5.82 Å². The number of fused-ring (bicyclic) bond motifs is 1. The molecule has 2 unspecified atom stereocenters. The van der Waals surface area contributed by atoms with Crippen molar-refractivity contribution < 1.29 is 22.9 Å². The van der Waals surface area contributed by atoms with Gasteiger partial charge in [-0.05, 0) is 53.9 Å². The fourth-order valence-electron chi connectivity index (χ4n) is 3.70. The van der Waals surface area contributed by atoms with E-state index in [1.165, 1.54) is 35.7 Å².